The third kappa shape index (κ3) is 4.97. The first kappa shape index (κ1) is 14.2. The molecule has 3 amide bonds. The molecular formula is C9H16N4O5. The van der Waals surface area contributed by atoms with Gasteiger partial charge in [0.15, 0.2) is 0 Å². The number of morpholine rings is 1. The van der Waals surface area contributed by atoms with Crippen LogP contribution in [0.1, 0.15) is 6.42 Å². The minimum absolute atomic E-state index is 0.453. The number of hydrogen-bond acceptors (Lipinski definition) is 5. The van der Waals surface area contributed by atoms with Gasteiger partial charge in [-0.3, -0.25) is 10.2 Å². The monoisotopic (exact) mass is 260 g/mol. The topological polar surface area (TPSA) is 134 Å². The molecule has 0 bridgehead atoms. The summed E-state index contributed by atoms with van der Waals surface area (Å²) in [6, 6.07) is -2.02. The number of aliphatic carboxylic acids is 1. The third-order valence-corrected chi connectivity index (χ3v) is 2.28. The minimum atomic E-state index is -1.33. The van der Waals surface area contributed by atoms with Crippen LogP contribution in [0.2, 0.25) is 0 Å². The van der Waals surface area contributed by atoms with Crippen LogP contribution >= 0.6 is 0 Å². The van der Waals surface area contributed by atoms with Crippen LogP contribution in [0.15, 0.2) is 0 Å². The maximum absolute atomic E-state index is 11.5. The van der Waals surface area contributed by atoms with Crippen molar-refractivity contribution in [1.82, 2.24) is 15.8 Å². The molecule has 0 unspecified atom stereocenters. The Balaban J connectivity index is 2.40. The maximum Gasteiger partial charge on any atom is 0.330 e. The number of hydrazine groups is 1. The summed E-state index contributed by atoms with van der Waals surface area (Å²) in [5.74, 6) is -2.11. The summed E-state index contributed by atoms with van der Waals surface area (Å²) >= 11 is 0. The Morgan fingerprint density at radius 3 is 2.44 bits per heavy atom. The van der Waals surface area contributed by atoms with Gasteiger partial charge in [-0.2, -0.15) is 0 Å². The Bertz CT molecular complexity index is 329. The largest absolute Gasteiger partial charge is 0.480 e. The molecular weight excluding hydrogens is 244 g/mol. The van der Waals surface area contributed by atoms with E-state index in [9.17, 15) is 14.4 Å². The van der Waals surface area contributed by atoms with Gasteiger partial charge in [0, 0.05) is 13.1 Å². The number of hydrogen-bond donors (Lipinski definition) is 4. The van der Waals surface area contributed by atoms with Crippen molar-refractivity contribution in [2.45, 2.75) is 12.5 Å². The van der Waals surface area contributed by atoms with E-state index in [1.165, 1.54) is 0 Å². The predicted octanol–water partition coefficient (Wildman–Crippen LogP) is -2.14. The van der Waals surface area contributed by atoms with Gasteiger partial charge in [0.1, 0.15) is 6.04 Å². The number of carbonyl (C=O) groups excluding carboxylic acids is 2. The van der Waals surface area contributed by atoms with Gasteiger partial charge >= 0.3 is 12.0 Å². The second-order valence-corrected chi connectivity index (χ2v) is 3.75. The number of primary amides is 1. The number of carboxylic acids is 1. The fraction of sp³-hybridized carbons (Fsp3) is 0.667. The molecule has 0 saturated carbocycles. The average Bonchev–Trinajstić information content (AvgIpc) is 2.28. The second-order valence-electron chi connectivity index (χ2n) is 3.75. The van der Waals surface area contributed by atoms with Crippen LogP contribution in [-0.2, 0) is 14.3 Å². The van der Waals surface area contributed by atoms with Crippen LogP contribution in [0.25, 0.3) is 0 Å². The molecule has 5 N–H and O–H groups in total. The summed E-state index contributed by atoms with van der Waals surface area (Å²) in [6.45, 7) is 2.01. The molecule has 1 aliphatic heterocycles. The van der Waals surface area contributed by atoms with Gasteiger partial charge < -0.3 is 20.9 Å². The molecule has 1 fully saturated rings. The van der Waals surface area contributed by atoms with E-state index in [0.717, 1.165) is 0 Å². The lowest BCUT2D eigenvalue weighted by atomic mass is 10.2. The highest BCUT2D eigenvalue weighted by Gasteiger charge is 2.23. The Morgan fingerprint density at radius 2 is 1.94 bits per heavy atom. The summed E-state index contributed by atoms with van der Waals surface area (Å²) < 4.78 is 5.08. The fourth-order valence-electron chi connectivity index (χ4n) is 1.41. The molecule has 0 aromatic carbocycles. The highest BCUT2D eigenvalue weighted by molar-refractivity contribution is 5.87. The van der Waals surface area contributed by atoms with Crippen molar-refractivity contribution in [3.63, 3.8) is 0 Å². The summed E-state index contributed by atoms with van der Waals surface area (Å²) in [5, 5.41) is 12.6. The zero-order chi connectivity index (χ0) is 13.5. The zero-order valence-electron chi connectivity index (χ0n) is 9.72. The molecule has 0 radical (unpaired) electrons. The highest BCUT2D eigenvalue weighted by atomic mass is 16.5. The maximum atomic E-state index is 11.5. The van der Waals surface area contributed by atoms with Crippen molar-refractivity contribution < 1.29 is 24.2 Å². The van der Waals surface area contributed by atoms with Gasteiger partial charge in [0.25, 0.3) is 0 Å². The molecule has 1 saturated heterocycles. The molecule has 9 heteroatoms. The number of carboxylic acid groups (broad SMARTS) is 1. The minimum Gasteiger partial charge on any atom is -0.480 e. The van der Waals surface area contributed by atoms with E-state index in [0.29, 0.717) is 26.3 Å². The molecule has 0 aliphatic carbocycles. The lowest BCUT2D eigenvalue weighted by Crippen LogP contribution is -2.55. The third-order valence-electron chi connectivity index (χ3n) is 2.28. The van der Waals surface area contributed by atoms with Crippen LogP contribution in [-0.4, -0.2) is 60.4 Å². The number of carbonyl (C=O) groups is 3. The van der Waals surface area contributed by atoms with Crippen molar-refractivity contribution in [3.05, 3.63) is 0 Å². The van der Waals surface area contributed by atoms with E-state index >= 15 is 0 Å². The lowest BCUT2D eigenvalue weighted by Gasteiger charge is -2.27. The molecule has 1 aliphatic rings. The van der Waals surface area contributed by atoms with Crippen LogP contribution in [0.3, 0.4) is 0 Å². The number of ether oxygens (including phenoxy) is 1. The molecule has 0 aromatic rings. The first-order valence-corrected chi connectivity index (χ1v) is 5.40. The first-order valence-electron chi connectivity index (χ1n) is 5.40. The lowest BCUT2D eigenvalue weighted by molar-refractivity contribution is -0.140. The van der Waals surface area contributed by atoms with Crippen LogP contribution in [0.5, 0.6) is 0 Å². The van der Waals surface area contributed by atoms with Crippen molar-refractivity contribution in [2.24, 2.45) is 5.73 Å². The molecule has 0 spiro atoms. The predicted molar refractivity (Wildman–Crippen MR) is 59.3 cm³/mol. The quantitative estimate of drug-likeness (QED) is 0.445. The second kappa shape index (κ2) is 6.77. The average molecular weight is 260 g/mol. The van der Waals surface area contributed by atoms with Gasteiger partial charge in [-0.25, -0.2) is 14.6 Å². The van der Waals surface area contributed by atoms with E-state index in [2.05, 4.69) is 10.7 Å². The Hall–Kier alpha value is -1.87. The number of nitrogens with two attached hydrogens (primary N) is 1. The SMILES string of the molecule is NC(=O)C[C@H](NC(=O)NN1CCOCC1)C(=O)O. The zero-order valence-corrected chi connectivity index (χ0v) is 9.72. The van der Waals surface area contributed by atoms with Crippen molar-refractivity contribution in [2.75, 3.05) is 26.3 Å². The molecule has 0 aromatic heterocycles. The summed E-state index contributed by atoms with van der Waals surface area (Å²) in [6.07, 6.45) is -0.453. The molecule has 102 valence electrons. The van der Waals surface area contributed by atoms with Crippen molar-refractivity contribution in [3.8, 4) is 0 Å². The number of rotatable bonds is 5. The molecule has 18 heavy (non-hydrogen) atoms. The Kier molecular flexibility index (Phi) is 5.33. The van der Waals surface area contributed by atoms with Crippen molar-refractivity contribution in [1.29, 1.82) is 0 Å². The highest BCUT2D eigenvalue weighted by Crippen LogP contribution is 1.94. The summed E-state index contributed by atoms with van der Waals surface area (Å²) in [4.78, 5) is 32.9. The fourth-order valence-corrected chi connectivity index (χ4v) is 1.41. The van der Waals surface area contributed by atoms with Gasteiger partial charge in [-0.15, -0.1) is 0 Å². The standard InChI is InChI=1S/C9H16N4O5/c10-7(14)5-6(8(15)16)11-9(17)12-13-1-3-18-4-2-13/h6H,1-5H2,(H2,10,14)(H,15,16)(H2,11,12,17)/t6-/m0/s1. The number of nitrogens with one attached hydrogen (secondary N) is 2. The van der Waals surface area contributed by atoms with Crippen LogP contribution in [0.4, 0.5) is 4.79 Å². The molecule has 1 atom stereocenters. The number of amides is 3. The van der Waals surface area contributed by atoms with Gasteiger partial charge in [-0.05, 0) is 0 Å². The summed E-state index contributed by atoms with van der Waals surface area (Å²) in [5.41, 5.74) is 7.36. The van der Waals surface area contributed by atoms with Crippen molar-refractivity contribution >= 4 is 17.9 Å². The Labute approximate surface area is 103 Å². The molecule has 9 nitrogen and oxygen atoms in total. The van der Waals surface area contributed by atoms with E-state index < -0.39 is 30.4 Å². The van der Waals surface area contributed by atoms with Gasteiger partial charge in [0.05, 0.1) is 19.6 Å². The smallest absolute Gasteiger partial charge is 0.330 e. The normalized spacial score (nSPS) is 17.8. The van der Waals surface area contributed by atoms with Crippen LogP contribution < -0.4 is 16.5 Å². The van der Waals surface area contributed by atoms with E-state index in [1.54, 1.807) is 5.01 Å². The Morgan fingerprint density at radius 1 is 1.33 bits per heavy atom. The number of nitrogens with zero attached hydrogens (tertiary/aromatic N) is 1. The van der Waals surface area contributed by atoms with E-state index in [1.807, 2.05) is 0 Å². The molecule has 1 heterocycles. The van der Waals surface area contributed by atoms with Crippen LogP contribution in [0, 0.1) is 0 Å². The summed E-state index contributed by atoms with van der Waals surface area (Å²) in [7, 11) is 0. The van der Waals surface area contributed by atoms with E-state index in [-0.39, 0.29) is 0 Å². The van der Waals surface area contributed by atoms with Gasteiger partial charge in [0.2, 0.25) is 5.91 Å². The number of urea groups is 1. The van der Waals surface area contributed by atoms with E-state index in [4.69, 9.17) is 15.6 Å². The molecule has 1 rings (SSSR count). The van der Waals surface area contributed by atoms with Gasteiger partial charge in [-0.1, -0.05) is 0 Å². The first-order chi connectivity index (χ1) is 8.49.